The van der Waals surface area contributed by atoms with Gasteiger partial charge in [-0.05, 0) is 27.7 Å². The fourth-order valence-corrected chi connectivity index (χ4v) is 1.38. The maximum atomic E-state index is 11.2. The van der Waals surface area contributed by atoms with Gasteiger partial charge in [0.15, 0.2) is 0 Å². The predicted octanol–water partition coefficient (Wildman–Crippen LogP) is 1.58. The zero-order chi connectivity index (χ0) is 11.2. The van der Waals surface area contributed by atoms with Crippen LogP contribution in [0, 0.1) is 0 Å². The standard InChI is InChI=1S/C9H19NO3S/c1-7(14-6-5-11)10-8(12)13-9(2,3)4/h7,11H,5-6H2,1-4H3,(H,10,12)/t7-/m1/s1. The van der Waals surface area contributed by atoms with E-state index in [-0.39, 0.29) is 12.0 Å². The zero-order valence-electron chi connectivity index (χ0n) is 9.16. The van der Waals surface area contributed by atoms with Crippen molar-refractivity contribution in [3.8, 4) is 0 Å². The molecule has 2 N–H and O–H groups in total. The number of hydrogen-bond donors (Lipinski definition) is 2. The molecule has 5 heteroatoms. The summed E-state index contributed by atoms with van der Waals surface area (Å²) in [5.74, 6) is 0.608. The predicted molar refractivity (Wildman–Crippen MR) is 58.4 cm³/mol. The average molecular weight is 221 g/mol. The number of nitrogens with one attached hydrogen (secondary N) is 1. The molecular weight excluding hydrogens is 202 g/mol. The van der Waals surface area contributed by atoms with Gasteiger partial charge in [-0.3, -0.25) is 0 Å². The van der Waals surface area contributed by atoms with Crippen molar-refractivity contribution in [2.75, 3.05) is 12.4 Å². The van der Waals surface area contributed by atoms with Crippen molar-refractivity contribution in [2.24, 2.45) is 0 Å². The molecule has 0 saturated heterocycles. The molecule has 0 aromatic carbocycles. The highest BCUT2D eigenvalue weighted by Crippen LogP contribution is 2.10. The Kier molecular flexibility index (Phi) is 5.95. The molecule has 0 fully saturated rings. The van der Waals surface area contributed by atoms with Gasteiger partial charge in [0.25, 0.3) is 0 Å². The number of carbonyl (C=O) groups is 1. The highest BCUT2D eigenvalue weighted by atomic mass is 32.2. The van der Waals surface area contributed by atoms with Gasteiger partial charge in [-0.1, -0.05) is 0 Å². The number of aliphatic hydroxyl groups excluding tert-OH is 1. The molecule has 0 spiro atoms. The third-order valence-corrected chi connectivity index (χ3v) is 2.22. The van der Waals surface area contributed by atoms with Gasteiger partial charge in [0, 0.05) is 5.75 Å². The van der Waals surface area contributed by atoms with Gasteiger partial charge < -0.3 is 15.2 Å². The summed E-state index contributed by atoms with van der Waals surface area (Å²) >= 11 is 1.47. The second-order valence-electron chi connectivity index (χ2n) is 3.88. The van der Waals surface area contributed by atoms with Gasteiger partial charge >= 0.3 is 6.09 Å². The molecule has 4 nitrogen and oxygen atoms in total. The molecule has 0 heterocycles. The normalized spacial score (nSPS) is 13.5. The summed E-state index contributed by atoms with van der Waals surface area (Å²) in [5, 5.41) is 11.2. The number of thioether (sulfide) groups is 1. The van der Waals surface area contributed by atoms with E-state index in [1.807, 2.05) is 27.7 Å². The summed E-state index contributed by atoms with van der Waals surface area (Å²) in [6.07, 6.45) is -0.421. The molecule has 0 aromatic rings. The van der Waals surface area contributed by atoms with Crippen molar-refractivity contribution >= 4 is 17.9 Å². The first-order valence-corrected chi connectivity index (χ1v) is 5.62. The van der Waals surface area contributed by atoms with E-state index in [4.69, 9.17) is 9.84 Å². The van der Waals surface area contributed by atoms with Gasteiger partial charge in [-0.2, -0.15) is 0 Å². The Balaban J connectivity index is 3.71. The Morgan fingerprint density at radius 3 is 2.57 bits per heavy atom. The molecule has 14 heavy (non-hydrogen) atoms. The lowest BCUT2D eigenvalue weighted by molar-refractivity contribution is 0.0525. The molecule has 1 atom stereocenters. The molecule has 0 rings (SSSR count). The maximum absolute atomic E-state index is 11.2. The van der Waals surface area contributed by atoms with Gasteiger partial charge in [0.1, 0.15) is 5.60 Å². The third kappa shape index (κ3) is 8.19. The molecule has 0 aliphatic carbocycles. The zero-order valence-corrected chi connectivity index (χ0v) is 9.98. The van der Waals surface area contributed by atoms with E-state index in [0.29, 0.717) is 5.75 Å². The van der Waals surface area contributed by atoms with E-state index in [2.05, 4.69) is 5.32 Å². The Labute approximate surface area is 89.4 Å². The summed E-state index contributed by atoms with van der Waals surface area (Å²) in [7, 11) is 0. The van der Waals surface area contributed by atoms with E-state index < -0.39 is 11.7 Å². The van der Waals surface area contributed by atoms with Crippen LogP contribution in [0.3, 0.4) is 0 Å². The Morgan fingerprint density at radius 1 is 1.57 bits per heavy atom. The molecule has 1 amide bonds. The number of rotatable bonds is 4. The van der Waals surface area contributed by atoms with Crippen LogP contribution in [0.2, 0.25) is 0 Å². The Morgan fingerprint density at radius 2 is 2.14 bits per heavy atom. The molecule has 0 unspecified atom stereocenters. The SMILES string of the molecule is C[C@H](NC(=O)OC(C)(C)C)SCCO. The van der Waals surface area contributed by atoms with Crippen molar-refractivity contribution in [3.05, 3.63) is 0 Å². The number of aliphatic hydroxyl groups is 1. The quantitative estimate of drug-likeness (QED) is 0.708. The first-order chi connectivity index (χ1) is 6.35. The summed E-state index contributed by atoms with van der Waals surface area (Å²) < 4.78 is 5.06. The van der Waals surface area contributed by atoms with Gasteiger partial charge in [-0.25, -0.2) is 4.79 Å². The van der Waals surface area contributed by atoms with E-state index in [1.165, 1.54) is 11.8 Å². The average Bonchev–Trinajstić information content (AvgIpc) is 1.96. The van der Waals surface area contributed by atoms with Crippen LogP contribution in [0.4, 0.5) is 4.79 Å². The fraction of sp³-hybridized carbons (Fsp3) is 0.889. The van der Waals surface area contributed by atoms with Crippen molar-refractivity contribution in [2.45, 2.75) is 38.7 Å². The smallest absolute Gasteiger partial charge is 0.408 e. The number of amides is 1. The van der Waals surface area contributed by atoms with E-state index in [1.54, 1.807) is 0 Å². The Hall–Kier alpha value is -0.420. The number of hydrogen-bond acceptors (Lipinski definition) is 4. The first kappa shape index (κ1) is 13.6. The second-order valence-corrected chi connectivity index (χ2v) is 5.33. The highest BCUT2D eigenvalue weighted by molar-refractivity contribution is 7.99. The third-order valence-electron chi connectivity index (χ3n) is 1.18. The van der Waals surface area contributed by atoms with Crippen LogP contribution >= 0.6 is 11.8 Å². The largest absolute Gasteiger partial charge is 0.444 e. The minimum atomic E-state index is -0.467. The van der Waals surface area contributed by atoms with Crippen molar-refractivity contribution < 1.29 is 14.6 Å². The lowest BCUT2D eigenvalue weighted by Gasteiger charge is -2.21. The van der Waals surface area contributed by atoms with Crippen LogP contribution < -0.4 is 5.32 Å². The molecular formula is C9H19NO3S. The minimum Gasteiger partial charge on any atom is -0.444 e. The highest BCUT2D eigenvalue weighted by Gasteiger charge is 2.17. The summed E-state index contributed by atoms with van der Waals surface area (Å²) in [6.45, 7) is 7.42. The monoisotopic (exact) mass is 221 g/mol. The van der Waals surface area contributed by atoms with E-state index in [9.17, 15) is 4.79 Å². The summed E-state index contributed by atoms with van der Waals surface area (Å²) in [4.78, 5) is 11.2. The van der Waals surface area contributed by atoms with Gasteiger partial charge in [0.05, 0.1) is 12.0 Å². The maximum Gasteiger partial charge on any atom is 0.408 e. The number of alkyl carbamates (subject to hydrolysis) is 1. The van der Waals surface area contributed by atoms with Crippen LogP contribution in [0.25, 0.3) is 0 Å². The van der Waals surface area contributed by atoms with Crippen LogP contribution in [0.1, 0.15) is 27.7 Å². The molecule has 0 saturated carbocycles. The summed E-state index contributed by atoms with van der Waals surface area (Å²) in [6, 6.07) is 0. The minimum absolute atomic E-state index is 0.0444. The molecule has 0 bridgehead atoms. The van der Waals surface area contributed by atoms with Crippen molar-refractivity contribution in [1.82, 2.24) is 5.32 Å². The lowest BCUT2D eigenvalue weighted by atomic mass is 10.2. The first-order valence-electron chi connectivity index (χ1n) is 4.57. The second kappa shape index (κ2) is 6.14. The number of carbonyl (C=O) groups excluding carboxylic acids is 1. The van der Waals surface area contributed by atoms with Gasteiger partial charge in [0.2, 0.25) is 0 Å². The van der Waals surface area contributed by atoms with Crippen LogP contribution in [-0.4, -0.2) is 34.5 Å². The summed E-state index contributed by atoms with van der Waals surface area (Å²) in [5.41, 5.74) is -0.467. The molecule has 0 aromatic heterocycles. The topological polar surface area (TPSA) is 58.6 Å². The van der Waals surface area contributed by atoms with Crippen LogP contribution in [0.5, 0.6) is 0 Å². The lowest BCUT2D eigenvalue weighted by Crippen LogP contribution is -2.36. The van der Waals surface area contributed by atoms with Crippen LogP contribution in [0.15, 0.2) is 0 Å². The van der Waals surface area contributed by atoms with Crippen molar-refractivity contribution in [1.29, 1.82) is 0 Å². The van der Waals surface area contributed by atoms with Crippen molar-refractivity contribution in [3.63, 3.8) is 0 Å². The van der Waals surface area contributed by atoms with E-state index in [0.717, 1.165) is 0 Å². The Bertz CT molecular complexity index is 179. The molecule has 0 aliphatic heterocycles. The van der Waals surface area contributed by atoms with Gasteiger partial charge in [-0.15, -0.1) is 11.8 Å². The fourth-order valence-electron chi connectivity index (χ4n) is 0.745. The molecule has 0 radical (unpaired) electrons. The molecule has 0 aliphatic rings. The van der Waals surface area contributed by atoms with Crippen LogP contribution in [-0.2, 0) is 4.74 Å². The molecule has 84 valence electrons. The van der Waals surface area contributed by atoms with E-state index >= 15 is 0 Å². The number of ether oxygens (including phenoxy) is 1.